The Balaban J connectivity index is 0. The fraction of sp³-hybridized carbons (Fsp3) is 1.00. The molecule has 0 saturated carbocycles. The Hall–Kier alpha value is 0.869. The van der Waals surface area contributed by atoms with Gasteiger partial charge in [-0.2, -0.15) is 0 Å². The molecule has 0 rings (SSSR count). The molecular formula is C8H20NO2SSn+. The second-order valence-electron chi connectivity index (χ2n) is 2.72. The van der Waals surface area contributed by atoms with Gasteiger partial charge in [0, 0.05) is 11.3 Å². The fourth-order valence-corrected chi connectivity index (χ4v) is 4.89. The minimum Gasteiger partial charge on any atom is -0.760 e. The number of hydrogen-bond donors (Lipinski definition) is 1. The maximum Gasteiger partial charge on any atom is 0.0152 e. The molecule has 0 amide bonds. The van der Waals surface area contributed by atoms with Gasteiger partial charge in [0.15, 0.2) is 0 Å². The van der Waals surface area contributed by atoms with Crippen molar-refractivity contribution in [2.75, 3.05) is 0 Å². The molecule has 13 heavy (non-hydrogen) atoms. The van der Waals surface area contributed by atoms with Crippen molar-refractivity contribution in [3.63, 3.8) is 0 Å². The number of nitrogens with two attached hydrogens (primary N) is 1. The van der Waals surface area contributed by atoms with E-state index < -0.39 is 11.3 Å². The molecule has 5 heteroatoms. The van der Waals surface area contributed by atoms with Gasteiger partial charge in [-0.05, 0) is 0 Å². The molecule has 2 N–H and O–H groups in total. The van der Waals surface area contributed by atoms with Gasteiger partial charge in [0.25, 0.3) is 0 Å². The second kappa shape index (κ2) is 15.3. The first-order chi connectivity index (χ1) is 6.15. The summed E-state index contributed by atoms with van der Waals surface area (Å²) in [5, 5.41) is 4.03. The van der Waals surface area contributed by atoms with E-state index in [-0.39, 0.29) is 21.1 Å². The zero-order valence-electron chi connectivity index (χ0n) is 8.54. The minimum atomic E-state index is -2.36. The summed E-state index contributed by atoms with van der Waals surface area (Å²) >= 11 is -2.21. The van der Waals surface area contributed by atoms with Gasteiger partial charge in [0.05, 0.1) is 0 Å². The van der Waals surface area contributed by atoms with E-state index in [0.29, 0.717) is 0 Å². The first-order valence-corrected chi connectivity index (χ1v) is 9.86. The van der Waals surface area contributed by atoms with Gasteiger partial charge in [-0.15, -0.1) is 0 Å². The van der Waals surface area contributed by atoms with Crippen molar-refractivity contribution >= 4 is 32.4 Å². The first-order valence-electron chi connectivity index (χ1n) is 4.69. The molecule has 0 bridgehead atoms. The Bertz CT molecular complexity index is 104. The molecule has 3 nitrogen and oxygen atoms in total. The van der Waals surface area contributed by atoms with E-state index in [4.69, 9.17) is 8.76 Å². The summed E-state index contributed by atoms with van der Waals surface area (Å²) < 4.78 is 20.8. The number of hydrogen-bond acceptors (Lipinski definition) is 2. The van der Waals surface area contributed by atoms with Crippen LogP contribution in [0.5, 0.6) is 0 Å². The van der Waals surface area contributed by atoms with Gasteiger partial charge >= 0.3 is 69.5 Å². The molecule has 0 aliphatic carbocycles. The van der Waals surface area contributed by atoms with Crippen molar-refractivity contribution in [3.8, 4) is 0 Å². The molecule has 0 heterocycles. The zero-order chi connectivity index (χ0) is 10.5. The molecule has 78 valence electrons. The van der Waals surface area contributed by atoms with Gasteiger partial charge in [-0.1, -0.05) is 0 Å². The van der Waals surface area contributed by atoms with Crippen LogP contribution in [-0.4, -0.2) is 29.9 Å². The summed E-state index contributed by atoms with van der Waals surface area (Å²) in [6, 6.07) is 0. The van der Waals surface area contributed by atoms with E-state index in [1.807, 2.05) is 0 Å². The smallest absolute Gasteiger partial charge is 0.0152 e. The molecule has 0 fully saturated rings. The van der Waals surface area contributed by atoms with Gasteiger partial charge in [-0.25, -0.2) is 0 Å². The second-order valence-corrected chi connectivity index (χ2v) is 7.52. The van der Waals surface area contributed by atoms with Crippen LogP contribution in [0.4, 0.5) is 0 Å². The fourth-order valence-electron chi connectivity index (χ4n) is 0.729. The third kappa shape index (κ3) is 32.2. The average Bonchev–Trinajstić information content (AvgIpc) is 2.03. The summed E-state index contributed by atoms with van der Waals surface area (Å²) in [6.07, 6.45) is 5.84. The zero-order valence-corrected chi connectivity index (χ0v) is 12.2. The van der Waals surface area contributed by atoms with Crippen molar-refractivity contribution in [2.45, 2.75) is 48.4 Å². The molecular weight excluding hydrogens is 293 g/mol. The molecule has 1 unspecified atom stereocenters. The van der Waals surface area contributed by atoms with E-state index in [0.717, 1.165) is 0 Å². The summed E-state index contributed by atoms with van der Waals surface area (Å²) in [5.41, 5.74) is 0. The van der Waals surface area contributed by atoms with E-state index in [9.17, 15) is 0 Å². The van der Waals surface area contributed by atoms with Gasteiger partial charge in [0.1, 0.15) is 0 Å². The maximum atomic E-state index is 8.78. The molecule has 0 aromatic heterocycles. The third-order valence-corrected chi connectivity index (χ3v) is 5.45. The van der Waals surface area contributed by atoms with E-state index in [1.54, 1.807) is 8.87 Å². The molecule has 0 saturated heterocycles. The quantitative estimate of drug-likeness (QED) is 0.462. The Morgan fingerprint density at radius 2 is 1.54 bits per heavy atom. The van der Waals surface area contributed by atoms with Crippen LogP contribution in [0.1, 0.15) is 39.5 Å². The Morgan fingerprint density at radius 1 is 1.23 bits per heavy atom. The Morgan fingerprint density at radius 3 is 1.77 bits per heavy atom. The van der Waals surface area contributed by atoms with Crippen LogP contribution in [0.25, 0.3) is 0 Å². The van der Waals surface area contributed by atoms with E-state index >= 15 is 0 Å². The van der Waals surface area contributed by atoms with Gasteiger partial charge in [-0.3, -0.25) is 9.35 Å². The van der Waals surface area contributed by atoms with Crippen LogP contribution < -0.4 is 5.14 Å². The summed E-state index contributed by atoms with van der Waals surface area (Å²) in [7, 11) is 0. The molecule has 0 aliphatic rings. The molecule has 0 radical (unpaired) electrons. The number of rotatable bonds is 6. The monoisotopic (exact) mass is 314 g/mol. The van der Waals surface area contributed by atoms with E-state index in [1.165, 1.54) is 25.7 Å². The minimum absolute atomic E-state index is 0.149. The maximum absolute atomic E-state index is 8.78. The van der Waals surface area contributed by atoms with Gasteiger partial charge < -0.3 is 4.55 Å². The molecule has 0 spiro atoms. The predicted molar refractivity (Wildman–Crippen MR) is 58.3 cm³/mol. The topological polar surface area (TPSA) is 66.2 Å². The van der Waals surface area contributed by atoms with E-state index in [2.05, 4.69) is 19.0 Å². The van der Waals surface area contributed by atoms with Crippen LogP contribution in [0.3, 0.4) is 0 Å². The standard InChI is InChI=1S/2C4H9.H3NO2S.Sn/c2*1-3-4-2;1-4(2)3;/h2*1,3-4H2,2H3;1H2,(H,2,3);/q;;;+2/p-1. The normalized spacial score (nSPS) is 11.1. The summed E-state index contributed by atoms with van der Waals surface area (Å²) in [5.74, 6) is 0. The van der Waals surface area contributed by atoms with Crippen LogP contribution in [0.2, 0.25) is 8.87 Å². The largest absolute Gasteiger partial charge is 0.760 e. The molecule has 0 aromatic carbocycles. The average molecular weight is 313 g/mol. The Labute approximate surface area is 94.5 Å². The molecule has 0 aromatic rings. The first kappa shape index (κ1) is 16.3. The molecule has 0 aliphatic heterocycles. The summed E-state index contributed by atoms with van der Waals surface area (Å²) in [4.78, 5) is 0. The SMILES string of the molecule is CCC[CH2][Sn+2][CH2]CCC.NS(=O)[O-]. The van der Waals surface area contributed by atoms with Crippen molar-refractivity contribution in [3.05, 3.63) is 0 Å². The predicted octanol–water partition coefficient (Wildman–Crippen LogP) is 1.87. The third-order valence-electron chi connectivity index (χ3n) is 1.41. The van der Waals surface area contributed by atoms with Crippen molar-refractivity contribution in [1.29, 1.82) is 0 Å². The van der Waals surface area contributed by atoms with Crippen molar-refractivity contribution in [2.24, 2.45) is 5.14 Å². The summed E-state index contributed by atoms with van der Waals surface area (Å²) in [6.45, 7) is 4.58. The van der Waals surface area contributed by atoms with Crippen molar-refractivity contribution < 1.29 is 8.76 Å². The van der Waals surface area contributed by atoms with Crippen LogP contribution >= 0.6 is 0 Å². The van der Waals surface area contributed by atoms with Crippen LogP contribution in [-0.2, 0) is 11.3 Å². The van der Waals surface area contributed by atoms with Crippen molar-refractivity contribution in [1.82, 2.24) is 0 Å². The van der Waals surface area contributed by atoms with Gasteiger partial charge in [0.2, 0.25) is 0 Å². The Kier molecular flexibility index (Phi) is 19.2. The van der Waals surface area contributed by atoms with Crippen LogP contribution in [0.15, 0.2) is 0 Å². The van der Waals surface area contributed by atoms with Crippen LogP contribution in [0, 0.1) is 0 Å². The number of unbranched alkanes of at least 4 members (excludes halogenated alkanes) is 2. The molecule has 1 atom stereocenters.